The van der Waals surface area contributed by atoms with E-state index in [1.165, 1.54) is 21.0 Å². The number of ether oxygens (including phenoxy) is 3. The summed E-state index contributed by atoms with van der Waals surface area (Å²) >= 11 is 0. The summed E-state index contributed by atoms with van der Waals surface area (Å²) in [7, 11) is 1.48. The van der Waals surface area contributed by atoms with Crippen LogP contribution >= 0.6 is 0 Å². The maximum absolute atomic E-state index is 11.4. The van der Waals surface area contributed by atoms with Gasteiger partial charge in [-0.25, -0.2) is 0 Å². The van der Waals surface area contributed by atoms with Gasteiger partial charge in [0.25, 0.3) is 0 Å². The van der Waals surface area contributed by atoms with Crippen LogP contribution in [0.25, 0.3) is 10.8 Å². The van der Waals surface area contributed by atoms with Gasteiger partial charge in [-0.05, 0) is 19.4 Å². The number of benzene rings is 2. The molecule has 22 heavy (non-hydrogen) atoms. The van der Waals surface area contributed by atoms with Gasteiger partial charge in [0.05, 0.1) is 7.11 Å². The molecule has 0 N–H and O–H groups in total. The summed E-state index contributed by atoms with van der Waals surface area (Å²) in [5, 5.41) is 1.39. The Morgan fingerprint density at radius 1 is 0.909 bits per heavy atom. The highest BCUT2D eigenvalue weighted by Gasteiger charge is 2.23. The first-order chi connectivity index (χ1) is 10.4. The summed E-state index contributed by atoms with van der Waals surface area (Å²) in [5.74, 6) is 0.277. The zero-order valence-electron chi connectivity index (χ0n) is 13.3. The molecule has 2 aromatic rings. The zero-order valence-corrected chi connectivity index (χ0v) is 13.3. The summed E-state index contributed by atoms with van der Waals surface area (Å²) in [5.41, 5.74) is 1.49. The molecule has 0 amide bonds. The van der Waals surface area contributed by atoms with Crippen LogP contribution in [0.15, 0.2) is 18.2 Å². The first-order valence-corrected chi connectivity index (χ1v) is 6.83. The normalized spacial score (nSPS) is 10.4. The number of esters is 2. The molecule has 2 rings (SSSR count). The molecule has 0 bridgehead atoms. The highest BCUT2D eigenvalue weighted by Crippen LogP contribution is 2.46. The molecule has 0 aliphatic rings. The Labute approximate surface area is 128 Å². The van der Waals surface area contributed by atoms with Gasteiger partial charge in [-0.15, -0.1) is 0 Å². The molecule has 0 fully saturated rings. The first kappa shape index (κ1) is 15.8. The van der Waals surface area contributed by atoms with Gasteiger partial charge in [-0.2, -0.15) is 0 Å². The quantitative estimate of drug-likeness (QED) is 0.643. The minimum absolute atomic E-state index is 0.344. The van der Waals surface area contributed by atoms with Gasteiger partial charge in [-0.1, -0.05) is 18.2 Å². The van der Waals surface area contributed by atoms with Gasteiger partial charge in [0.2, 0.25) is 0 Å². The van der Waals surface area contributed by atoms with Crippen molar-refractivity contribution in [3.63, 3.8) is 0 Å². The highest BCUT2D eigenvalue weighted by atomic mass is 16.6. The summed E-state index contributed by atoms with van der Waals surface area (Å²) in [6.45, 7) is 6.32. The Morgan fingerprint density at radius 2 is 1.50 bits per heavy atom. The van der Waals surface area contributed by atoms with E-state index in [0.717, 1.165) is 5.56 Å². The molecular weight excluding hydrogens is 284 g/mol. The monoisotopic (exact) mass is 302 g/mol. The number of carbonyl (C=O) groups excluding carboxylic acids is 2. The van der Waals surface area contributed by atoms with E-state index >= 15 is 0 Å². The van der Waals surface area contributed by atoms with Gasteiger partial charge < -0.3 is 14.2 Å². The standard InChI is InChI=1S/C17H18O5/c1-9-7-6-8-13-14(9)17(22-12(4)19)16(20-5)10(2)15(13)21-11(3)18/h6-8H,1-5H3. The lowest BCUT2D eigenvalue weighted by atomic mass is 9.99. The second-order valence-corrected chi connectivity index (χ2v) is 5.00. The van der Waals surface area contributed by atoms with Crippen LogP contribution < -0.4 is 14.2 Å². The summed E-state index contributed by atoms with van der Waals surface area (Å²) in [6.07, 6.45) is 0. The number of hydrogen-bond donors (Lipinski definition) is 0. The van der Waals surface area contributed by atoms with Crippen LogP contribution in [0.5, 0.6) is 17.2 Å². The SMILES string of the molecule is COc1c(C)c(OC(C)=O)c2cccc(C)c2c1OC(C)=O. The van der Waals surface area contributed by atoms with Crippen molar-refractivity contribution in [1.29, 1.82) is 0 Å². The van der Waals surface area contributed by atoms with E-state index in [4.69, 9.17) is 14.2 Å². The Balaban J connectivity index is 2.93. The Bertz CT molecular complexity index is 761. The third-order valence-corrected chi connectivity index (χ3v) is 3.33. The molecule has 0 aliphatic carbocycles. The fraction of sp³-hybridized carbons (Fsp3) is 0.294. The van der Waals surface area contributed by atoms with E-state index in [2.05, 4.69) is 0 Å². The molecular formula is C17H18O5. The lowest BCUT2D eigenvalue weighted by molar-refractivity contribution is -0.133. The Hall–Kier alpha value is -2.56. The summed E-state index contributed by atoms with van der Waals surface area (Å²) in [4.78, 5) is 22.9. The molecule has 5 heteroatoms. The second kappa shape index (κ2) is 6.05. The number of fused-ring (bicyclic) bond motifs is 1. The molecule has 5 nitrogen and oxygen atoms in total. The molecule has 0 aliphatic heterocycles. The number of aryl methyl sites for hydroxylation is 1. The van der Waals surface area contributed by atoms with Crippen LogP contribution in [-0.2, 0) is 9.59 Å². The maximum atomic E-state index is 11.4. The van der Waals surface area contributed by atoms with E-state index < -0.39 is 11.9 Å². The largest absolute Gasteiger partial charge is 0.492 e. The van der Waals surface area contributed by atoms with E-state index in [9.17, 15) is 9.59 Å². The van der Waals surface area contributed by atoms with E-state index in [-0.39, 0.29) is 0 Å². The van der Waals surface area contributed by atoms with E-state index in [1.807, 2.05) is 25.1 Å². The van der Waals surface area contributed by atoms with Crippen LogP contribution in [0.4, 0.5) is 0 Å². The minimum Gasteiger partial charge on any atom is -0.492 e. The molecule has 0 heterocycles. The predicted molar refractivity (Wildman–Crippen MR) is 82.6 cm³/mol. The molecule has 0 radical (unpaired) electrons. The highest BCUT2D eigenvalue weighted by molar-refractivity contribution is 6.01. The van der Waals surface area contributed by atoms with Crippen molar-refractivity contribution in [2.45, 2.75) is 27.7 Å². The third kappa shape index (κ3) is 2.74. The zero-order chi connectivity index (χ0) is 16.4. The van der Waals surface area contributed by atoms with Crippen LogP contribution in [0, 0.1) is 13.8 Å². The average molecular weight is 302 g/mol. The van der Waals surface area contributed by atoms with E-state index in [1.54, 1.807) is 6.92 Å². The van der Waals surface area contributed by atoms with E-state index in [0.29, 0.717) is 33.6 Å². The topological polar surface area (TPSA) is 61.8 Å². The second-order valence-electron chi connectivity index (χ2n) is 5.00. The predicted octanol–water partition coefficient (Wildman–Crippen LogP) is 3.32. The van der Waals surface area contributed by atoms with Gasteiger partial charge in [-0.3, -0.25) is 9.59 Å². The van der Waals surface area contributed by atoms with Crippen LogP contribution in [0.1, 0.15) is 25.0 Å². The Kier molecular flexibility index (Phi) is 4.35. The number of rotatable bonds is 3. The molecule has 0 saturated heterocycles. The lowest BCUT2D eigenvalue weighted by Gasteiger charge is -2.19. The number of methoxy groups -OCH3 is 1. The molecule has 2 aromatic carbocycles. The summed E-state index contributed by atoms with van der Waals surface area (Å²) < 4.78 is 16.1. The van der Waals surface area contributed by atoms with Crippen molar-refractivity contribution in [3.05, 3.63) is 29.3 Å². The number of hydrogen-bond acceptors (Lipinski definition) is 5. The van der Waals surface area contributed by atoms with Crippen LogP contribution in [0.3, 0.4) is 0 Å². The van der Waals surface area contributed by atoms with Crippen molar-refractivity contribution in [2.24, 2.45) is 0 Å². The lowest BCUT2D eigenvalue weighted by Crippen LogP contribution is -2.08. The van der Waals surface area contributed by atoms with Gasteiger partial charge in [0.1, 0.15) is 5.75 Å². The maximum Gasteiger partial charge on any atom is 0.308 e. The Morgan fingerprint density at radius 3 is 2.05 bits per heavy atom. The van der Waals surface area contributed by atoms with Crippen molar-refractivity contribution < 1.29 is 23.8 Å². The van der Waals surface area contributed by atoms with Crippen molar-refractivity contribution >= 4 is 22.7 Å². The third-order valence-electron chi connectivity index (χ3n) is 3.33. The van der Waals surface area contributed by atoms with Crippen molar-refractivity contribution in [2.75, 3.05) is 7.11 Å². The molecule has 0 saturated carbocycles. The van der Waals surface area contributed by atoms with Gasteiger partial charge in [0.15, 0.2) is 11.5 Å². The molecule has 0 unspecified atom stereocenters. The van der Waals surface area contributed by atoms with Gasteiger partial charge in [0, 0.05) is 30.2 Å². The molecule has 0 aromatic heterocycles. The average Bonchev–Trinajstić information content (AvgIpc) is 2.42. The smallest absolute Gasteiger partial charge is 0.308 e. The van der Waals surface area contributed by atoms with Crippen molar-refractivity contribution in [1.82, 2.24) is 0 Å². The molecule has 0 atom stereocenters. The fourth-order valence-corrected chi connectivity index (χ4v) is 2.51. The summed E-state index contributed by atoms with van der Waals surface area (Å²) in [6, 6.07) is 5.57. The fourth-order valence-electron chi connectivity index (χ4n) is 2.51. The van der Waals surface area contributed by atoms with Gasteiger partial charge >= 0.3 is 11.9 Å². The first-order valence-electron chi connectivity index (χ1n) is 6.83. The van der Waals surface area contributed by atoms with Crippen LogP contribution in [-0.4, -0.2) is 19.0 Å². The minimum atomic E-state index is -0.442. The van der Waals surface area contributed by atoms with Crippen molar-refractivity contribution in [3.8, 4) is 17.2 Å². The molecule has 0 spiro atoms. The number of carbonyl (C=O) groups is 2. The van der Waals surface area contributed by atoms with Crippen LogP contribution in [0.2, 0.25) is 0 Å². The molecule has 116 valence electrons.